The number of aliphatic hydroxyl groups excluding tert-OH is 1. The number of sulfonamides is 1. The van der Waals surface area contributed by atoms with E-state index in [0.29, 0.717) is 31.0 Å². The van der Waals surface area contributed by atoms with Crippen LogP contribution >= 0.6 is 0 Å². The smallest absolute Gasteiger partial charge is 0.265 e. The predicted octanol–water partition coefficient (Wildman–Crippen LogP) is 3.75. The minimum Gasteiger partial charge on any atom is -0.391 e. The summed E-state index contributed by atoms with van der Waals surface area (Å²) < 4.78 is 41.0. The van der Waals surface area contributed by atoms with Crippen LogP contribution in [0.1, 0.15) is 24.9 Å². The second kappa shape index (κ2) is 8.64. The summed E-state index contributed by atoms with van der Waals surface area (Å²) in [6.07, 6.45) is 1.29. The Morgan fingerprint density at radius 1 is 1.10 bits per heavy atom. The fourth-order valence-corrected chi connectivity index (χ4v) is 5.40. The minimum atomic E-state index is -3.76. The number of pyridine rings is 1. The van der Waals surface area contributed by atoms with Gasteiger partial charge in [0.2, 0.25) is 0 Å². The quantitative estimate of drug-likeness (QED) is 0.631. The maximum absolute atomic E-state index is 13.3. The molecule has 2 aromatic carbocycles. The van der Waals surface area contributed by atoms with E-state index in [4.69, 9.17) is 0 Å². The van der Waals surface area contributed by atoms with Gasteiger partial charge in [0.1, 0.15) is 16.5 Å². The van der Waals surface area contributed by atoms with E-state index in [1.165, 1.54) is 28.7 Å². The lowest BCUT2D eigenvalue weighted by Gasteiger charge is -2.26. The molecule has 4 rings (SSSR count). The Morgan fingerprint density at radius 2 is 1.81 bits per heavy atom. The highest BCUT2D eigenvalue weighted by Gasteiger charge is 2.33. The molecule has 0 aliphatic carbocycles. The molecule has 1 aliphatic heterocycles. The molecule has 0 unspecified atom stereocenters. The van der Waals surface area contributed by atoms with E-state index < -0.39 is 16.1 Å². The second-order valence-corrected chi connectivity index (χ2v) is 9.33. The van der Waals surface area contributed by atoms with Crippen LogP contribution in [-0.4, -0.2) is 37.7 Å². The second-order valence-electron chi connectivity index (χ2n) is 7.47. The number of anilines is 2. The monoisotopic (exact) mass is 441 g/mol. The maximum Gasteiger partial charge on any atom is 0.265 e. The van der Waals surface area contributed by atoms with Crippen LogP contribution in [0.2, 0.25) is 0 Å². The number of rotatable bonds is 6. The van der Waals surface area contributed by atoms with Crippen molar-refractivity contribution in [2.45, 2.75) is 30.4 Å². The molecule has 6 nitrogen and oxygen atoms in total. The van der Waals surface area contributed by atoms with Gasteiger partial charge in [-0.1, -0.05) is 30.3 Å². The topological polar surface area (TPSA) is 73.7 Å². The molecule has 2 atom stereocenters. The van der Waals surface area contributed by atoms with E-state index in [1.54, 1.807) is 49.4 Å². The van der Waals surface area contributed by atoms with Crippen LogP contribution in [-0.2, 0) is 10.0 Å². The number of halogens is 1. The van der Waals surface area contributed by atoms with Crippen molar-refractivity contribution in [2.75, 3.05) is 22.3 Å². The number of para-hydroxylation sites is 1. The van der Waals surface area contributed by atoms with E-state index in [1.807, 2.05) is 11.0 Å². The largest absolute Gasteiger partial charge is 0.391 e. The number of hydrogen-bond acceptors (Lipinski definition) is 5. The lowest BCUT2D eigenvalue weighted by molar-refractivity contribution is 0.194. The molecule has 0 radical (unpaired) electrons. The molecule has 8 heteroatoms. The summed E-state index contributed by atoms with van der Waals surface area (Å²) in [6, 6.07) is 18.1. The van der Waals surface area contributed by atoms with Gasteiger partial charge in [-0.05, 0) is 55.3 Å². The van der Waals surface area contributed by atoms with Crippen molar-refractivity contribution in [1.82, 2.24) is 4.98 Å². The zero-order valence-corrected chi connectivity index (χ0v) is 17.9. The molecular formula is C23H24FN3O3S. The Hall–Kier alpha value is -2.97. The molecule has 1 saturated heterocycles. The van der Waals surface area contributed by atoms with Gasteiger partial charge >= 0.3 is 0 Å². The number of β-amino-alcohol motifs (C(OH)–C–C–N with tert-alkyl or cyclic N) is 1. The third kappa shape index (κ3) is 4.26. The molecule has 1 fully saturated rings. The highest BCUT2D eigenvalue weighted by Crippen LogP contribution is 2.36. The van der Waals surface area contributed by atoms with Crippen LogP contribution in [0.3, 0.4) is 0 Å². The number of aliphatic hydroxyl groups is 1. The summed E-state index contributed by atoms with van der Waals surface area (Å²) >= 11 is 0. The van der Waals surface area contributed by atoms with Crippen LogP contribution in [0.15, 0.2) is 77.8 Å². The number of benzene rings is 2. The van der Waals surface area contributed by atoms with Gasteiger partial charge in [-0.15, -0.1) is 0 Å². The van der Waals surface area contributed by atoms with E-state index in [-0.39, 0.29) is 16.8 Å². The van der Waals surface area contributed by atoms with E-state index in [2.05, 4.69) is 4.98 Å². The molecule has 31 heavy (non-hydrogen) atoms. The lowest BCUT2D eigenvalue weighted by atomic mass is 10.0. The lowest BCUT2D eigenvalue weighted by Crippen LogP contribution is -2.31. The molecule has 0 bridgehead atoms. The summed E-state index contributed by atoms with van der Waals surface area (Å²) in [6.45, 7) is 2.44. The van der Waals surface area contributed by atoms with Crippen molar-refractivity contribution in [1.29, 1.82) is 0 Å². The van der Waals surface area contributed by atoms with Crippen molar-refractivity contribution >= 4 is 21.5 Å². The summed E-state index contributed by atoms with van der Waals surface area (Å²) in [7, 11) is -3.76. The number of hydrogen-bond donors (Lipinski definition) is 1. The Balaban J connectivity index is 1.62. The molecule has 1 aliphatic rings. The Bertz CT molecular complexity index is 1120. The van der Waals surface area contributed by atoms with Gasteiger partial charge in [-0.3, -0.25) is 4.31 Å². The van der Waals surface area contributed by atoms with Gasteiger partial charge in [0, 0.05) is 19.3 Å². The maximum atomic E-state index is 13.3. The van der Waals surface area contributed by atoms with Crippen molar-refractivity contribution in [3.63, 3.8) is 0 Å². The van der Waals surface area contributed by atoms with E-state index in [0.717, 1.165) is 5.56 Å². The van der Waals surface area contributed by atoms with Gasteiger partial charge < -0.3 is 10.0 Å². The molecular weight excluding hydrogens is 417 g/mol. The Kier molecular flexibility index (Phi) is 5.93. The molecule has 3 aromatic rings. The first kappa shape index (κ1) is 21.3. The summed E-state index contributed by atoms with van der Waals surface area (Å²) in [4.78, 5) is 6.42. The highest BCUT2D eigenvalue weighted by atomic mass is 32.2. The molecule has 162 valence electrons. The molecule has 2 heterocycles. The molecule has 0 saturated carbocycles. The fraction of sp³-hybridized carbons (Fsp3) is 0.261. The van der Waals surface area contributed by atoms with E-state index in [9.17, 15) is 17.9 Å². The zero-order chi connectivity index (χ0) is 22.0. The number of nitrogens with zero attached hydrogens (tertiary/aromatic N) is 3. The first-order chi connectivity index (χ1) is 14.9. The average molecular weight is 442 g/mol. The third-order valence-corrected chi connectivity index (χ3v) is 7.35. The van der Waals surface area contributed by atoms with Gasteiger partial charge in [0.25, 0.3) is 10.0 Å². The van der Waals surface area contributed by atoms with Crippen LogP contribution in [0.25, 0.3) is 0 Å². The third-order valence-electron chi connectivity index (χ3n) is 5.47. The normalized spacial score (nSPS) is 18.9. The SMILES string of the molecule is CCN(c1ccccc1)S(=O)(=O)c1ccc(N2C[C@@H](O)C[C@@H]2c2ccc(F)cc2)nc1. The Morgan fingerprint density at radius 3 is 2.42 bits per heavy atom. The van der Waals surface area contributed by atoms with Crippen molar-refractivity contribution in [3.05, 3.63) is 84.3 Å². The molecule has 1 aromatic heterocycles. The average Bonchev–Trinajstić information content (AvgIpc) is 3.17. The van der Waals surface area contributed by atoms with E-state index >= 15 is 0 Å². The minimum absolute atomic E-state index is 0.0973. The van der Waals surface area contributed by atoms with Gasteiger partial charge in [-0.2, -0.15) is 0 Å². The molecule has 1 N–H and O–H groups in total. The predicted molar refractivity (Wildman–Crippen MR) is 118 cm³/mol. The molecule has 0 amide bonds. The van der Waals surface area contributed by atoms with Crippen molar-refractivity contribution in [3.8, 4) is 0 Å². The Labute approximate surface area is 181 Å². The van der Waals surface area contributed by atoms with Crippen LogP contribution in [0.5, 0.6) is 0 Å². The van der Waals surface area contributed by atoms with Gasteiger partial charge in [0.15, 0.2) is 0 Å². The van der Waals surface area contributed by atoms with Crippen LogP contribution < -0.4 is 9.21 Å². The first-order valence-corrected chi connectivity index (χ1v) is 11.6. The standard InChI is InChI=1S/C23H24FN3O3S/c1-2-27(19-6-4-3-5-7-19)31(29,30)21-12-13-23(25-15-21)26-16-20(28)14-22(26)17-8-10-18(24)11-9-17/h3-13,15,20,22,28H,2,14,16H2,1H3/t20-,22+/m0/s1. The summed E-state index contributed by atoms with van der Waals surface area (Å²) in [5.41, 5.74) is 1.46. The zero-order valence-electron chi connectivity index (χ0n) is 17.1. The van der Waals surface area contributed by atoms with Gasteiger partial charge in [-0.25, -0.2) is 17.8 Å². The summed E-state index contributed by atoms with van der Waals surface area (Å²) in [5, 5.41) is 10.2. The first-order valence-electron chi connectivity index (χ1n) is 10.1. The summed E-state index contributed by atoms with van der Waals surface area (Å²) in [5.74, 6) is 0.244. The molecule has 0 spiro atoms. The van der Waals surface area contributed by atoms with Gasteiger partial charge in [0.05, 0.1) is 17.8 Å². The van der Waals surface area contributed by atoms with Crippen LogP contribution in [0.4, 0.5) is 15.9 Å². The van der Waals surface area contributed by atoms with Crippen molar-refractivity contribution in [2.24, 2.45) is 0 Å². The van der Waals surface area contributed by atoms with Crippen molar-refractivity contribution < 1.29 is 17.9 Å². The van der Waals surface area contributed by atoms with Crippen LogP contribution in [0, 0.1) is 5.82 Å². The number of aromatic nitrogens is 1. The fourth-order valence-electron chi connectivity index (χ4n) is 3.98. The highest BCUT2D eigenvalue weighted by molar-refractivity contribution is 7.92.